The molecule has 1 unspecified atom stereocenters. The molecule has 0 amide bonds. The predicted octanol–water partition coefficient (Wildman–Crippen LogP) is 1.02. The number of alkyl halides is 3. The average molecular weight is 305 g/mol. The van der Waals surface area contributed by atoms with E-state index in [-0.39, 0.29) is 24.2 Å². The fraction of sp³-hybridized carbons (Fsp3) is 0.667. The first-order valence-corrected chi connectivity index (χ1v) is 6.61. The third kappa shape index (κ3) is 4.35. The summed E-state index contributed by atoms with van der Waals surface area (Å²) in [6.07, 6.45) is -1.16. The number of guanidine groups is 1. The Bertz CT molecular complexity index is 505. The van der Waals surface area contributed by atoms with E-state index in [0.29, 0.717) is 6.54 Å². The molecule has 1 aliphatic heterocycles. The monoisotopic (exact) mass is 305 g/mol. The van der Waals surface area contributed by atoms with E-state index in [0.717, 1.165) is 24.1 Å². The largest absolute Gasteiger partial charge is 0.435 e. The smallest absolute Gasteiger partial charge is 0.376 e. The zero-order valence-electron chi connectivity index (χ0n) is 11.7. The number of nitrogens with one attached hydrogen (secondary N) is 1. The minimum atomic E-state index is -4.49. The lowest BCUT2D eigenvalue weighted by molar-refractivity contribution is -0.142. The van der Waals surface area contributed by atoms with Crippen LogP contribution < -0.4 is 11.1 Å². The SMILES string of the molecule is Cn1cc(CN=C(N)NCC2CCCO2)c(C(F)(F)F)n1. The fourth-order valence-electron chi connectivity index (χ4n) is 2.14. The summed E-state index contributed by atoms with van der Waals surface area (Å²) in [6, 6.07) is 0. The van der Waals surface area contributed by atoms with Gasteiger partial charge in [0.15, 0.2) is 11.7 Å². The van der Waals surface area contributed by atoms with E-state index in [1.165, 1.54) is 13.2 Å². The van der Waals surface area contributed by atoms with Gasteiger partial charge in [-0.3, -0.25) is 4.68 Å². The summed E-state index contributed by atoms with van der Waals surface area (Å²) in [7, 11) is 1.43. The first-order chi connectivity index (χ1) is 9.86. The predicted molar refractivity (Wildman–Crippen MR) is 70.5 cm³/mol. The molecule has 2 rings (SSSR count). The third-order valence-electron chi connectivity index (χ3n) is 3.13. The molecule has 21 heavy (non-hydrogen) atoms. The van der Waals surface area contributed by atoms with Crippen LogP contribution in [-0.2, 0) is 24.5 Å². The van der Waals surface area contributed by atoms with Crippen molar-refractivity contribution in [3.8, 4) is 0 Å². The molecule has 0 bridgehead atoms. The maximum atomic E-state index is 12.8. The van der Waals surface area contributed by atoms with E-state index in [2.05, 4.69) is 15.4 Å². The standard InChI is InChI=1S/C12H18F3N5O/c1-20-7-8(10(19-20)12(13,14)15)5-17-11(16)18-6-9-3-2-4-21-9/h7,9H,2-6H2,1H3,(H3,16,17,18). The van der Waals surface area contributed by atoms with Gasteiger partial charge < -0.3 is 15.8 Å². The highest BCUT2D eigenvalue weighted by atomic mass is 19.4. The number of ether oxygens (including phenoxy) is 1. The molecule has 0 spiro atoms. The summed E-state index contributed by atoms with van der Waals surface area (Å²) in [4.78, 5) is 3.92. The number of aromatic nitrogens is 2. The summed E-state index contributed by atoms with van der Waals surface area (Å²) in [5.41, 5.74) is 4.70. The molecule has 0 radical (unpaired) electrons. The Balaban J connectivity index is 1.93. The Morgan fingerprint density at radius 2 is 2.38 bits per heavy atom. The molecule has 9 heteroatoms. The number of halogens is 3. The fourth-order valence-corrected chi connectivity index (χ4v) is 2.14. The minimum absolute atomic E-state index is 0.00753. The molecule has 0 aromatic carbocycles. The Hall–Kier alpha value is -1.77. The zero-order chi connectivity index (χ0) is 15.5. The second kappa shape index (κ2) is 6.33. The first-order valence-electron chi connectivity index (χ1n) is 6.61. The molecular weight excluding hydrogens is 287 g/mol. The van der Waals surface area contributed by atoms with Gasteiger partial charge >= 0.3 is 6.18 Å². The number of nitrogens with zero attached hydrogens (tertiary/aromatic N) is 3. The summed E-state index contributed by atoms with van der Waals surface area (Å²) in [5.74, 6) is 0.0995. The number of hydrogen-bond acceptors (Lipinski definition) is 3. The van der Waals surface area contributed by atoms with Crippen molar-refractivity contribution in [1.29, 1.82) is 0 Å². The highest BCUT2D eigenvalue weighted by Crippen LogP contribution is 2.30. The third-order valence-corrected chi connectivity index (χ3v) is 3.13. The van der Waals surface area contributed by atoms with Gasteiger partial charge in [-0.1, -0.05) is 0 Å². The molecule has 6 nitrogen and oxygen atoms in total. The first kappa shape index (κ1) is 15.6. The highest BCUT2D eigenvalue weighted by molar-refractivity contribution is 5.77. The minimum Gasteiger partial charge on any atom is -0.376 e. The van der Waals surface area contributed by atoms with Crippen LogP contribution >= 0.6 is 0 Å². The van der Waals surface area contributed by atoms with Crippen LogP contribution in [-0.4, -0.2) is 35.0 Å². The van der Waals surface area contributed by atoms with Gasteiger partial charge in [-0.15, -0.1) is 0 Å². The molecule has 3 N–H and O–H groups in total. The van der Waals surface area contributed by atoms with Crippen LogP contribution in [0.5, 0.6) is 0 Å². The van der Waals surface area contributed by atoms with E-state index in [4.69, 9.17) is 10.5 Å². The van der Waals surface area contributed by atoms with Crippen molar-refractivity contribution in [2.24, 2.45) is 17.8 Å². The number of rotatable bonds is 4. The number of aryl methyl sites for hydroxylation is 1. The lowest BCUT2D eigenvalue weighted by Gasteiger charge is -2.11. The van der Waals surface area contributed by atoms with Gasteiger partial charge in [-0.2, -0.15) is 18.3 Å². The van der Waals surface area contributed by atoms with E-state index in [9.17, 15) is 13.2 Å². The molecular formula is C12H18F3N5O. The zero-order valence-corrected chi connectivity index (χ0v) is 11.7. The van der Waals surface area contributed by atoms with Gasteiger partial charge in [-0.05, 0) is 12.8 Å². The molecule has 1 saturated heterocycles. The maximum absolute atomic E-state index is 12.8. The van der Waals surface area contributed by atoms with Crippen LogP contribution in [0.25, 0.3) is 0 Å². The summed E-state index contributed by atoms with van der Waals surface area (Å²) in [5, 5.41) is 6.26. The summed E-state index contributed by atoms with van der Waals surface area (Å²) < 4.78 is 44.8. The molecule has 1 aromatic rings. The van der Waals surface area contributed by atoms with Gasteiger partial charge in [0.2, 0.25) is 0 Å². The molecule has 1 atom stereocenters. The van der Waals surface area contributed by atoms with Gasteiger partial charge in [0, 0.05) is 32.0 Å². The van der Waals surface area contributed by atoms with Crippen LogP contribution in [0.3, 0.4) is 0 Å². The topological polar surface area (TPSA) is 77.5 Å². The second-order valence-electron chi connectivity index (χ2n) is 4.89. The van der Waals surface area contributed by atoms with Crippen molar-refractivity contribution in [3.63, 3.8) is 0 Å². The van der Waals surface area contributed by atoms with Crippen LogP contribution in [0.2, 0.25) is 0 Å². The Morgan fingerprint density at radius 3 is 3.00 bits per heavy atom. The summed E-state index contributed by atoms with van der Waals surface area (Å²) >= 11 is 0. The summed E-state index contributed by atoms with van der Waals surface area (Å²) in [6.45, 7) is 1.07. The molecule has 0 saturated carbocycles. The Kier molecular flexibility index (Phi) is 4.71. The van der Waals surface area contributed by atoms with Crippen LogP contribution in [0.4, 0.5) is 13.2 Å². The van der Waals surface area contributed by atoms with Crippen LogP contribution in [0.1, 0.15) is 24.1 Å². The van der Waals surface area contributed by atoms with Crippen molar-refractivity contribution < 1.29 is 17.9 Å². The Morgan fingerprint density at radius 1 is 1.62 bits per heavy atom. The van der Waals surface area contributed by atoms with E-state index < -0.39 is 11.9 Å². The molecule has 1 aromatic heterocycles. The number of nitrogens with two attached hydrogens (primary N) is 1. The van der Waals surface area contributed by atoms with Gasteiger partial charge in [-0.25, -0.2) is 4.99 Å². The molecule has 2 heterocycles. The quantitative estimate of drug-likeness (QED) is 0.643. The van der Waals surface area contributed by atoms with Crippen molar-refractivity contribution in [1.82, 2.24) is 15.1 Å². The second-order valence-corrected chi connectivity index (χ2v) is 4.89. The lowest BCUT2D eigenvalue weighted by atomic mass is 10.2. The van der Waals surface area contributed by atoms with E-state index in [1.807, 2.05) is 0 Å². The molecule has 1 aliphatic rings. The maximum Gasteiger partial charge on any atom is 0.435 e. The lowest BCUT2D eigenvalue weighted by Crippen LogP contribution is -2.37. The highest BCUT2D eigenvalue weighted by Gasteiger charge is 2.36. The van der Waals surface area contributed by atoms with Crippen molar-refractivity contribution >= 4 is 5.96 Å². The number of hydrogen-bond donors (Lipinski definition) is 2. The van der Waals surface area contributed by atoms with Crippen molar-refractivity contribution in [2.75, 3.05) is 13.2 Å². The van der Waals surface area contributed by atoms with Crippen molar-refractivity contribution in [2.45, 2.75) is 31.7 Å². The van der Waals surface area contributed by atoms with Gasteiger partial charge in [0.1, 0.15) is 0 Å². The van der Waals surface area contributed by atoms with E-state index >= 15 is 0 Å². The normalized spacial score (nSPS) is 20.0. The molecule has 1 fully saturated rings. The molecule has 0 aliphatic carbocycles. The average Bonchev–Trinajstić information content (AvgIpc) is 3.02. The van der Waals surface area contributed by atoms with Gasteiger partial charge in [0.05, 0.1) is 12.6 Å². The van der Waals surface area contributed by atoms with Crippen molar-refractivity contribution in [3.05, 3.63) is 17.5 Å². The van der Waals surface area contributed by atoms with Gasteiger partial charge in [0.25, 0.3) is 0 Å². The Labute approximate surface area is 120 Å². The van der Waals surface area contributed by atoms with Crippen LogP contribution in [0, 0.1) is 0 Å². The molecule has 118 valence electrons. The van der Waals surface area contributed by atoms with E-state index in [1.54, 1.807) is 0 Å². The van der Waals surface area contributed by atoms with Crippen LogP contribution in [0.15, 0.2) is 11.2 Å². The number of aliphatic imine (C=N–C) groups is 1.